The van der Waals surface area contributed by atoms with Gasteiger partial charge in [-0.2, -0.15) is 18.3 Å². The number of benzene rings is 3. The van der Waals surface area contributed by atoms with Crippen molar-refractivity contribution in [1.29, 1.82) is 0 Å². The molecule has 1 aliphatic rings. The van der Waals surface area contributed by atoms with Crippen LogP contribution in [-0.4, -0.2) is 29.0 Å². The van der Waals surface area contributed by atoms with Crippen LogP contribution in [0.25, 0.3) is 11.1 Å². The second kappa shape index (κ2) is 9.72. The molecule has 1 aliphatic heterocycles. The average molecular weight is 502 g/mol. The molecule has 36 heavy (non-hydrogen) atoms. The first-order valence-corrected chi connectivity index (χ1v) is 11.2. The lowest BCUT2D eigenvalue weighted by molar-refractivity contribution is -0.137. The second-order valence-corrected chi connectivity index (χ2v) is 8.92. The minimum Gasteiger partial charge on any atom is -0.481 e. The Hall–Kier alpha value is -3.75. The Morgan fingerprint density at radius 2 is 1.72 bits per heavy atom. The third-order valence-electron chi connectivity index (χ3n) is 6.17. The number of carbonyl (C=O) groups is 1. The molecule has 0 aliphatic carbocycles. The van der Waals surface area contributed by atoms with Crippen LogP contribution in [0.2, 0.25) is 0 Å². The van der Waals surface area contributed by atoms with Crippen molar-refractivity contribution in [3.63, 3.8) is 0 Å². The summed E-state index contributed by atoms with van der Waals surface area (Å²) < 4.78 is 68.8. The first-order valence-electron chi connectivity index (χ1n) is 11.2. The van der Waals surface area contributed by atoms with E-state index in [1.807, 2.05) is 6.92 Å². The van der Waals surface area contributed by atoms with E-state index in [0.29, 0.717) is 33.5 Å². The molecule has 0 saturated carbocycles. The van der Waals surface area contributed by atoms with Gasteiger partial charge in [0.2, 0.25) is 0 Å². The molecule has 0 bridgehead atoms. The summed E-state index contributed by atoms with van der Waals surface area (Å²) >= 11 is 0. The van der Waals surface area contributed by atoms with E-state index >= 15 is 4.39 Å². The van der Waals surface area contributed by atoms with Crippen molar-refractivity contribution < 1.29 is 31.9 Å². The second-order valence-electron chi connectivity index (χ2n) is 8.92. The average Bonchev–Trinajstić information content (AvgIpc) is 3.22. The number of aryl methyl sites for hydroxylation is 2. The molecule has 1 unspecified atom stereocenters. The first kappa shape index (κ1) is 25.3. The molecule has 0 amide bonds. The van der Waals surface area contributed by atoms with Crippen LogP contribution in [0.5, 0.6) is 0 Å². The number of hydrazone groups is 1. The summed E-state index contributed by atoms with van der Waals surface area (Å²) in [5.41, 5.74) is 2.63. The molecule has 4 rings (SSSR count). The molecule has 1 heterocycles. The molecule has 4 nitrogen and oxygen atoms in total. The summed E-state index contributed by atoms with van der Waals surface area (Å²) in [6, 6.07) is 13.1. The van der Waals surface area contributed by atoms with E-state index in [0.717, 1.165) is 10.6 Å². The zero-order valence-electron chi connectivity index (χ0n) is 19.5. The van der Waals surface area contributed by atoms with Crippen LogP contribution < -0.4 is 5.01 Å². The molecule has 188 valence electrons. The highest BCUT2D eigenvalue weighted by molar-refractivity contribution is 5.94. The number of alkyl halides is 3. The Bertz CT molecular complexity index is 1310. The van der Waals surface area contributed by atoms with Gasteiger partial charge in [0.25, 0.3) is 0 Å². The maximum absolute atomic E-state index is 15.1. The Morgan fingerprint density at radius 1 is 1.03 bits per heavy atom. The fraction of sp³-hybridized carbons (Fsp3) is 0.259. The van der Waals surface area contributed by atoms with Crippen LogP contribution in [0, 0.1) is 25.5 Å². The molecule has 3 aromatic rings. The van der Waals surface area contributed by atoms with Crippen molar-refractivity contribution in [2.24, 2.45) is 5.10 Å². The summed E-state index contributed by atoms with van der Waals surface area (Å²) in [4.78, 5) is 11.1. The lowest BCUT2D eigenvalue weighted by Crippen LogP contribution is -2.29. The van der Waals surface area contributed by atoms with Gasteiger partial charge in [-0.3, -0.25) is 9.80 Å². The molecule has 1 atom stereocenters. The minimum absolute atomic E-state index is 0.212. The van der Waals surface area contributed by atoms with E-state index in [1.54, 1.807) is 37.3 Å². The zero-order valence-corrected chi connectivity index (χ0v) is 19.5. The number of hydrogen-bond donors (Lipinski definition) is 1. The maximum atomic E-state index is 15.1. The molecule has 0 fully saturated rings. The summed E-state index contributed by atoms with van der Waals surface area (Å²) in [7, 11) is 0. The van der Waals surface area contributed by atoms with Crippen LogP contribution in [0.15, 0.2) is 59.7 Å². The Labute approximate surface area is 204 Å². The summed E-state index contributed by atoms with van der Waals surface area (Å²) in [5, 5.41) is 13.8. The van der Waals surface area contributed by atoms with E-state index in [2.05, 4.69) is 5.10 Å². The van der Waals surface area contributed by atoms with Crippen molar-refractivity contribution in [1.82, 2.24) is 0 Å². The largest absolute Gasteiger partial charge is 0.481 e. The van der Waals surface area contributed by atoms with E-state index < -0.39 is 48.4 Å². The Morgan fingerprint density at radius 3 is 2.33 bits per heavy atom. The van der Waals surface area contributed by atoms with E-state index in [1.165, 1.54) is 24.3 Å². The highest BCUT2D eigenvalue weighted by Crippen LogP contribution is 2.33. The number of carboxylic acid groups (broad SMARTS) is 1. The van der Waals surface area contributed by atoms with Gasteiger partial charge in [-0.15, -0.1) is 0 Å². The monoisotopic (exact) mass is 502 g/mol. The van der Waals surface area contributed by atoms with Gasteiger partial charge in [-0.25, -0.2) is 8.78 Å². The number of nitrogens with zero attached hydrogens (tertiary/aromatic N) is 2. The van der Waals surface area contributed by atoms with Gasteiger partial charge in [0.05, 0.1) is 18.2 Å². The molecular formula is C27H23F5N2O2. The van der Waals surface area contributed by atoms with E-state index in [4.69, 9.17) is 5.11 Å². The van der Waals surface area contributed by atoms with Gasteiger partial charge in [0, 0.05) is 18.4 Å². The summed E-state index contributed by atoms with van der Waals surface area (Å²) in [6.07, 6.45) is -5.45. The molecule has 1 N–H and O–H groups in total. The third kappa shape index (κ3) is 5.40. The van der Waals surface area contributed by atoms with Gasteiger partial charge < -0.3 is 5.11 Å². The zero-order chi connectivity index (χ0) is 26.2. The lowest BCUT2D eigenvalue weighted by Gasteiger charge is -2.22. The van der Waals surface area contributed by atoms with Gasteiger partial charge in [0.1, 0.15) is 17.3 Å². The highest BCUT2D eigenvalue weighted by Gasteiger charge is 2.43. The smallest absolute Gasteiger partial charge is 0.431 e. The van der Waals surface area contributed by atoms with Gasteiger partial charge in [-0.1, -0.05) is 29.8 Å². The predicted octanol–water partition coefficient (Wildman–Crippen LogP) is 6.81. The topological polar surface area (TPSA) is 52.9 Å². The van der Waals surface area contributed by atoms with Crippen molar-refractivity contribution in [2.75, 3.05) is 5.01 Å². The van der Waals surface area contributed by atoms with E-state index in [-0.39, 0.29) is 6.42 Å². The fourth-order valence-corrected chi connectivity index (χ4v) is 4.35. The quantitative estimate of drug-likeness (QED) is 0.377. The van der Waals surface area contributed by atoms with Crippen LogP contribution >= 0.6 is 0 Å². The molecular weight excluding hydrogens is 479 g/mol. The molecule has 0 radical (unpaired) electrons. The molecule has 3 aromatic carbocycles. The van der Waals surface area contributed by atoms with Gasteiger partial charge in [-0.05, 0) is 66.4 Å². The number of rotatable bonds is 6. The molecule has 0 spiro atoms. The Balaban J connectivity index is 1.58. The van der Waals surface area contributed by atoms with E-state index in [9.17, 15) is 22.4 Å². The minimum atomic E-state index is -4.64. The van der Waals surface area contributed by atoms with Crippen LogP contribution in [0.3, 0.4) is 0 Å². The standard InChI is InChI=1S/C27H23F5N2O2/c1-15-3-8-23(28)22(9-15)18-10-16(2)21(24(29)12-18)11-17-4-6-19(7-5-17)34-20(14-26(35)36)13-25(33-34)27(30,31)32/h3-10,12,20H,11,13-14H2,1-2H3,(H,35,36). The van der Waals surface area contributed by atoms with Crippen molar-refractivity contribution >= 4 is 17.4 Å². The fourth-order valence-electron chi connectivity index (χ4n) is 4.35. The number of hydrogen-bond acceptors (Lipinski definition) is 3. The normalized spacial score (nSPS) is 15.8. The van der Waals surface area contributed by atoms with Crippen LogP contribution in [-0.2, 0) is 11.2 Å². The maximum Gasteiger partial charge on any atom is 0.431 e. The molecule has 0 saturated heterocycles. The first-order chi connectivity index (χ1) is 16.9. The SMILES string of the molecule is Cc1ccc(F)c(-c2cc(C)c(Cc3ccc(N4N=C(C(F)(F)F)CC4CC(=O)O)cc3)c(F)c2)c1. The highest BCUT2D eigenvalue weighted by atomic mass is 19.4. The summed E-state index contributed by atoms with van der Waals surface area (Å²) in [6.45, 7) is 3.56. The van der Waals surface area contributed by atoms with Crippen molar-refractivity contribution in [3.05, 3.63) is 88.5 Å². The molecule has 9 heteroatoms. The van der Waals surface area contributed by atoms with Crippen LogP contribution in [0.1, 0.15) is 35.1 Å². The predicted molar refractivity (Wildman–Crippen MR) is 127 cm³/mol. The van der Waals surface area contributed by atoms with Crippen molar-refractivity contribution in [3.8, 4) is 11.1 Å². The lowest BCUT2D eigenvalue weighted by atomic mass is 9.94. The third-order valence-corrected chi connectivity index (χ3v) is 6.17. The summed E-state index contributed by atoms with van der Waals surface area (Å²) in [5.74, 6) is -2.15. The Kier molecular flexibility index (Phi) is 6.84. The number of aliphatic carboxylic acids is 1. The van der Waals surface area contributed by atoms with Gasteiger partial charge >= 0.3 is 12.1 Å². The van der Waals surface area contributed by atoms with Gasteiger partial charge in [0.15, 0.2) is 0 Å². The molecule has 0 aromatic heterocycles. The number of carboxylic acids is 1. The number of anilines is 1. The van der Waals surface area contributed by atoms with Crippen molar-refractivity contribution in [2.45, 2.75) is 45.3 Å². The number of halogens is 5. The van der Waals surface area contributed by atoms with Crippen LogP contribution in [0.4, 0.5) is 27.6 Å².